The van der Waals surface area contributed by atoms with Crippen molar-refractivity contribution < 1.29 is 0 Å². The molecular formula is C28H32. The molecule has 0 bridgehead atoms. The zero-order valence-corrected chi connectivity index (χ0v) is 18.2. The Kier molecular flexibility index (Phi) is 4.65. The van der Waals surface area contributed by atoms with E-state index in [1.165, 1.54) is 44.5 Å². The van der Waals surface area contributed by atoms with Crippen LogP contribution in [0.25, 0.3) is 11.1 Å². The molecule has 144 valence electrons. The molecule has 0 heteroatoms. The first kappa shape index (κ1) is 19.2. The van der Waals surface area contributed by atoms with Gasteiger partial charge < -0.3 is 0 Å². The molecule has 0 saturated heterocycles. The highest BCUT2D eigenvalue weighted by Gasteiger charge is 2.32. The number of benzene rings is 2. The average Bonchev–Trinajstić information content (AvgIpc) is 3.16. The van der Waals surface area contributed by atoms with E-state index < -0.39 is 0 Å². The Morgan fingerprint density at radius 3 is 1.25 bits per heavy atom. The second-order valence-corrected chi connectivity index (χ2v) is 10.3. The summed E-state index contributed by atoms with van der Waals surface area (Å²) in [6.45, 7) is 14.1. The topological polar surface area (TPSA) is 0 Å². The second-order valence-electron chi connectivity index (χ2n) is 10.3. The van der Waals surface area contributed by atoms with Crippen LogP contribution in [0.1, 0.15) is 76.6 Å². The zero-order valence-electron chi connectivity index (χ0n) is 18.2. The summed E-state index contributed by atoms with van der Waals surface area (Å²) in [4.78, 5) is 0. The van der Waals surface area contributed by atoms with Crippen molar-refractivity contribution >= 4 is 11.1 Å². The average molecular weight is 369 g/mol. The number of fused-ring (bicyclic) bond motifs is 2. The van der Waals surface area contributed by atoms with Gasteiger partial charge in [-0.15, -0.1) is 0 Å². The smallest absolute Gasteiger partial charge is 0.0167 e. The zero-order chi connectivity index (χ0) is 20.1. The lowest BCUT2D eigenvalue weighted by Crippen LogP contribution is -2.10. The standard InChI is InChI=1S/C28H32/c1-27(2,3)25-21(17-19-11-7-9-13-23(19)25)15-16-22-18-20-12-8-10-14-24(20)26(22)28(4,5)6/h7-14,17-18H,15-16H2,1-6H3. The molecule has 0 amide bonds. The summed E-state index contributed by atoms with van der Waals surface area (Å²) in [5.41, 5.74) is 12.0. The van der Waals surface area contributed by atoms with Crippen LogP contribution in [0.3, 0.4) is 0 Å². The Labute approximate surface area is 171 Å². The molecule has 0 heterocycles. The van der Waals surface area contributed by atoms with Gasteiger partial charge in [-0.1, -0.05) is 101 Å². The molecule has 0 nitrogen and oxygen atoms in total. The first-order chi connectivity index (χ1) is 13.2. The number of allylic oxidation sites excluding steroid dienone is 4. The Bertz CT molecular complexity index is 886. The highest BCUT2D eigenvalue weighted by Crippen LogP contribution is 2.49. The van der Waals surface area contributed by atoms with E-state index in [2.05, 4.69) is 103 Å². The number of hydrogen-bond donors (Lipinski definition) is 0. The van der Waals surface area contributed by atoms with Crippen molar-refractivity contribution in [2.24, 2.45) is 10.8 Å². The number of hydrogen-bond acceptors (Lipinski definition) is 0. The Hall–Kier alpha value is -2.08. The van der Waals surface area contributed by atoms with Crippen molar-refractivity contribution in [3.8, 4) is 0 Å². The van der Waals surface area contributed by atoms with Crippen LogP contribution in [0.15, 0.2) is 59.7 Å². The van der Waals surface area contributed by atoms with Crippen LogP contribution in [-0.4, -0.2) is 0 Å². The van der Waals surface area contributed by atoms with E-state index in [-0.39, 0.29) is 10.8 Å². The fourth-order valence-corrected chi connectivity index (χ4v) is 5.00. The lowest BCUT2D eigenvalue weighted by atomic mass is 9.79. The summed E-state index contributed by atoms with van der Waals surface area (Å²) in [6.07, 6.45) is 7.05. The molecule has 0 saturated carbocycles. The molecule has 0 spiro atoms. The van der Waals surface area contributed by atoms with Crippen LogP contribution in [0.2, 0.25) is 0 Å². The van der Waals surface area contributed by atoms with Crippen molar-refractivity contribution in [3.05, 3.63) is 94.8 Å². The monoisotopic (exact) mass is 368 g/mol. The molecule has 0 atom stereocenters. The number of rotatable bonds is 3. The van der Waals surface area contributed by atoms with Gasteiger partial charge in [0.05, 0.1) is 0 Å². The molecule has 2 aromatic carbocycles. The van der Waals surface area contributed by atoms with Crippen LogP contribution in [0.5, 0.6) is 0 Å². The van der Waals surface area contributed by atoms with E-state index in [4.69, 9.17) is 0 Å². The summed E-state index contributed by atoms with van der Waals surface area (Å²) >= 11 is 0. The van der Waals surface area contributed by atoms with E-state index in [0.717, 1.165) is 12.8 Å². The largest absolute Gasteiger partial charge is 0.0619 e. The molecule has 2 aliphatic carbocycles. The van der Waals surface area contributed by atoms with Gasteiger partial charge in [0.1, 0.15) is 0 Å². The lowest BCUT2D eigenvalue weighted by Gasteiger charge is -2.25. The van der Waals surface area contributed by atoms with Gasteiger partial charge in [-0.25, -0.2) is 0 Å². The van der Waals surface area contributed by atoms with E-state index in [0.29, 0.717) is 0 Å². The van der Waals surface area contributed by atoms with Gasteiger partial charge in [-0.05, 0) is 57.1 Å². The van der Waals surface area contributed by atoms with Gasteiger partial charge in [0.2, 0.25) is 0 Å². The normalized spacial score (nSPS) is 16.6. The van der Waals surface area contributed by atoms with Gasteiger partial charge in [0.15, 0.2) is 0 Å². The van der Waals surface area contributed by atoms with E-state index in [9.17, 15) is 0 Å². The predicted octanol–water partition coefficient (Wildman–Crippen LogP) is 7.90. The van der Waals surface area contributed by atoms with Crippen LogP contribution in [-0.2, 0) is 0 Å². The molecule has 28 heavy (non-hydrogen) atoms. The predicted molar refractivity (Wildman–Crippen MR) is 122 cm³/mol. The molecule has 0 aliphatic heterocycles. The van der Waals surface area contributed by atoms with Gasteiger partial charge in [0, 0.05) is 12.8 Å². The Morgan fingerprint density at radius 2 is 0.893 bits per heavy atom. The van der Waals surface area contributed by atoms with E-state index in [1.54, 1.807) is 0 Å². The quantitative estimate of drug-likeness (QED) is 0.516. The summed E-state index contributed by atoms with van der Waals surface area (Å²) in [6, 6.07) is 17.7. The van der Waals surface area contributed by atoms with Crippen LogP contribution < -0.4 is 0 Å². The summed E-state index contributed by atoms with van der Waals surface area (Å²) in [5.74, 6) is 0. The molecule has 2 aliphatic rings. The molecule has 0 aromatic heterocycles. The first-order valence-corrected chi connectivity index (χ1v) is 10.5. The van der Waals surface area contributed by atoms with Crippen LogP contribution in [0, 0.1) is 23.7 Å². The maximum absolute atomic E-state index is 2.43. The maximum Gasteiger partial charge on any atom is 0.0167 e. The van der Waals surface area contributed by atoms with Crippen molar-refractivity contribution in [2.75, 3.05) is 0 Å². The summed E-state index contributed by atoms with van der Waals surface area (Å²) in [5, 5.41) is 0. The van der Waals surface area contributed by atoms with Crippen molar-refractivity contribution in [2.45, 2.75) is 54.4 Å². The van der Waals surface area contributed by atoms with Crippen molar-refractivity contribution in [3.63, 3.8) is 0 Å². The van der Waals surface area contributed by atoms with Crippen LogP contribution in [0.4, 0.5) is 0 Å². The maximum atomic E-state index is 2.43. The van der Waals surface area contributed by atoms with Crippen molar-refractivity contribution in [1.29, 1.82) is 0 Å². The van der Waals surface area contributed by atoms with Crippen molar-refractivity contribution in [1.82, 2.24) is 0 Å². The van der Waals surface area contributed by atoms with Gasteiger partial charge in [0.25, 0.3) is 0 Å². The fraction of sp³-hybridized carbons (Fsp3) is 0.357. The van der Waals surface area contributed by atoms with Crippen LogP contribution >= 0.6 is 0 Å². The van der Waals surface area contributed by atoms with E-state index in [1.807, 2.05) is 0 Å². The highest BCUT2D eigenvalue weighted by atomic mass is 14.4. The van der Waals surface area contributed by atoms with Gasteiger partial charge in [-0.3, -0.25) is 0 Å². The summed E-state index contributed by atoms with van der Waals surface area (Å²) < 4.78 is 0. The molecule has 0 N–H and O–H groups in total. The third-order valence-corrected chi connectivity index (χ3v) is 5.93. The molecule has 0 fully saturated rings. The van der Waals surface area contributed by atoms with Gasteiger partial charge >= 0.3 is 0 Å². The molecule has 2 radical (unpaired) electrons. The minimum absolute atomic E-state index is 0.155. The second kappa shape index (κ2) is 6.76. The third-order valence-electron chi connectivity index (χ3n) is 5.93. The minimum Gasteiger partial charge on any atom is -0.0619 e. The summed E-state index contributed by atoms with van der Waals surface area (Å²) in [7, 11) is 0. The Balaban J connectivity index is 1.67. The first-order valence-electron chi connectivity index (χ1n) is 10.5. The molecular weight excluding hydrogens is 336 g/mol. The minimum atomic E-state index is 0.155. The SMILES string of the molecule is CC(C)(C)C1=C(CCC2=C(C(C)(C)C)c3ccccc3[CH]2)[CH]c2ccccc21. The highest BCUT2D eigenvalue weighted by molar-refractivity contribution is 5.85. The van der Waals surface area contributed by atoms with Gasteiger partial charge in [-0.2, -0.15) is 0 Å². The van der Waals surface area contributed by atoms with E-state index >= 15 is 0 Å². The lowest BCUT2D eigenvalue weighted by molar-refractivity contribution is 0.561. The Morgan fingerprint density at radius 1 is 0.536 bits per heavy atom. The fourth-order valence-electron chi connectivity index (χ4n) is 5.00. The molecule has 0 unspecified atom stereocenters. The third kappa shape index (κ3) is 3.39. The molecule has 2 aromatic rings. The molecule has 4 rings (SSSR count).